The maximum absolute atomic E-state index is 12.1. The van der Waals surface area contributed by atoms with Crippen LogP contribution < -0.4 is 0 Å². The minimum Gasteiger partial charge on any atom is -0.462 e. The molecule has 0 fully saturated rings. The summed E-state index contributed by atoms with van der Waals surface area (Å²) in [6, 6.07) is 0. The molecule has 30 heavy (non-hydrogen) atoms. The van der Waals surface area contributed by atoms with Crippen LogP contribution in [0.2, 0.25) is 0 Å². The van der Waals surface area contributed by atoms with E-state index in [1.165, 1.54) is 103 Å². The number of hydrogen-bond acceptors (Lipinski definition) is 3. The van der Waals surface area contributed by atoms with E-state index in [1.807, 2.05) is 0 Å². The van der Waals surface area contributed by atoms with Gasteiger partial charge in [-0.25, -0.2) is 0 Å². The monoisotopic (exact) mass is 424 g/mol. The third-order valence-corrected chi connectivity index (χ3v) is 6.02. The molecule has 0 radical (unpaired) electrons. The van der Waals surface area contributed by atoms with E-state index in [1.54, 1.807) is 0 Å². The first-order valence-corrected chi connectivity index (χ1v) is 13.4. The highest BCUT2D eigenvalue weighted by molar-refractivity contribution is 5.69. The molecule has 0 aliphatic rings. The summed E-state index contributed by atoms with van der Waals surface area (Å²) >= 11 is 0. The zero-order valence-electron chi connectivity index (χ0n) is 20.4. The Kier molecular flexibility index (Phi) is 23.7. The molecule has 1 atom stereocenters. The van der Waals surface area contributed by atoms with Gasteiger partial charge in [0.05, 0.1) is 0 Å². The zero-order chi connectivity index (χ0) is 22.1. The molecule has 0 saturated carbocycles. The quantitative estimate of drug-likeness (QED) is 0.0883. The van der Waals surface area contributed by atoms with Crippen molar-refractivity contribution in [2.45, 2.75) is 161 Å². The van der Waals surface area contributed by atoms with Crippen LogP contribution in [0.15, 0.2) is 0 Å². The Morgan fingerprint density at radius 2 is 1.03 bits per heavy atom. The van der Waals surface area contributed by atoms with E-state index in [-0.39, 0.29) is 12.1 Å². The van der Waals surface area contributed by atoms with Crippen molar-refractivity contribution in [1.29, 1.82) is 0 Å². The fourth-order valence-corrected chi connectivity index (χ4v) is 4.02. The lowest BCUT2D eigenvalue weighted by atomic mass is 10.0. The molecule has 0 aliphatic carbocycles. The Morgan fingerprint density at radius 1 is 0.633 bits per heavy atom. The third kappa shape index (κ3) is 21.8. The molecule has 0 N–H and O–H groups in total. The van der Waals surface area contributed by atoms with Crippen LogP contribution in [0.4, 0.5) is 0 Å². The van der Waals surface area contributed by atoms with Gasteiger partial charge in [-0.15, -0.1) is 0 Å². The fraction of sp³-hybridized carbons (Fsp3) is 0.926. The molecule has 0 amide bonds. The van der Waals surface area contributed by atoms with E-state index in [4.69, 9.17) is 4.74 Å². The van der Waals surface area contributed by atoms with Crippen molar-refractivity contribution in [3.63, 3.8) is 0 Å². The van der Waals surface area contributed by atoms with Crippen molar-refractivity contribution in [2.75, 3.05) is 0 Å². The highest BCUT2D eigenvalue weighted by atomic mass is 16.5. The summed E-state index contributed by atoms with van der Waals surface area (Å²) in [4.78, 5) is 23.0. The summed E-state index contributed by atoms with van der Waals surface area (Å²) in [7, 11) is 0. The number of unbranched alkanes of at least 4 members (excludes halogenated alkanes) is 17. The number of rotatable bonds is 24. The topological polar surface area (TPSA) is 43.4 Å². The van der Waals surface area contributed by atoms with E-state index >= 15 is 0 Å². The van der Waals surface area contributed by atoms with E-state index in [9.17, 15) is 9.59 Å². The Morgan fingerprint density at radius 3 is 1.47 bits per heavy atom. The molecule has 0 rings (SSSR count). The van der Waals surface area contributed by atoms with Gasteiger partial charge in [0.1, 0.15) is 12.4 Å². The Labute approximate surface area is 188 Å². The van der Waals surface area contributed by atoms with Crippen LogP contribution in [0.1, 0.15) is 155 Å². The second-order valence-corrected chi connectivity index (χ2v) is 9.06. The SMILES string of the molecule is CCCCCCCCCCCCCC(=O)OC(CC=O)CCCCCCCCCC. The number of ether oxygens (including phenoxy) is 1. The Bertz CT molecular complexity index is 367. The summed E-state index contributed by atoms with van der Waals surface area (Å²) in [5.74, 6) is -0.114. The first-order chi connectivity index (χ1) is 14.7. The standard InChI is InChI=1S/C27H52O3/c1-3-5-7-9-11-13-14-15-17-19-21-23-27(29)30-26(24-25-28)22-20-18-16-12-10-8-6-4-2/h25-26H,3-24H2,1-2H3. The van der Waals surface area contributed by atoms with Gasteiger partial charge >= 0.3 is 5.97 Å². The lowest BCUT2D eigenvalue weighted by Gasteiger charge is -2.15. The van der Waals surface area contributed by atoms with Crippen LogP contribution in [0.25, 0.3) is 0 Å². The minimum absolute atomic E-state index is 0.114. The smallest absolute Gasteiger partial charge is 0.306 e. The van der Waals surface area contributed by atoms with Crippen molar-refractivity contribution >= 4 is 12.3 Å². The van der Waals surface area contributed by atoms with Crippen molar-refractivity contribution in [1.82, 2.24) is 0 Å². The van der Waals surface area contributed by atoms with Crippen LogP contribution in [-0.4, -0.2) is 18.4 Å². The number of carbonyl (C=O) groups is 2. The Balaban J connectivity index is 3.58. The molecule has 178 valence electrons. The number of carbonyl (C=O) groups excluding carboxylic acids is 2. The molecule has 3 heteroatoms. The van der Waals surface area contributed by atoms with Crippen molar-refractivity contribution < 1.29 is 14.3 Å². The summed E-state index contributed by atoms with van der Waals surface area (Å²) in [5, 5.41) is 0. The average Bonchev–Trinajstić information content (AvgIpc) is 2.74. The maximum atomic E-state index is 12.1. The van der Waals surface area contributed by atoms with Crippen LogP contribution in [0, 0.1) is 0 Å². The van der Waals surface area contributed by atoms with Gasteiger partial charge < -0.3 is 9.53 Å². The second-order valence-electron chi connectivity index (χ2n) is 9.06. The highest BCUT2D eigenvalue weighted by Gasteiger charge is 2.13. The number of esters is 1. The van der Waals surface area contributed by atoms with Gasteiger partial charge in [-0.1, -0.05) is 123 Å². The van der Waals surface area contributed by atoms with E-state index in [0.29, 0.717) is 12.8 Å². The molecule has 3 nitrogen and oxygen atoms in total. The molecule has 0 spiro atoms. The Hall–Kier alpha value is -0.860. The predicted octanol–water partition coefficient (Wildman–Crippen LogP) is 8.72. The molecule has 1 unspecified atom stereocenters. The molecule has 0 aromatic heterocycles. The second kappa shape index (κ2) is 24.4. The van der Waals surface area contributed by atoms with Crippen LogP contribution in [0.3, 0.4) is 0 Å². The predicted molar refractivity (Wildman–Crippen MR) is 129 cm³/mol. The number of hydrogen-bond donors (Lipinski definition) is 0. The third-order valence-electron chi connectivity index (χ3n) is 6.02. The lowest BCUT2D eigenvalue weighted by Crippen LogP contribution is -2.18. The molecule has 0 heterocycles. The zero-order valence-corrected chi connectivity index (χ0v) is 20.4. The lowest BCUT2D eigenvalue weighted by molar-refractivity contribution is -0.150. The number of aldehydes is 1. The molecule has 0 bridgehead atoms. The average molecular weight is 425 g/mol. The van der Waals surface area contributed by atoms with Gasteiger partial charge in [0, 0.05) is 12.8 Å². The first-order valence-electron chi connectivity index (χ1n) is 13.4. The molecule has 0 aromatic carbocycles. The highest BCUT2D eigenvalue weighted by Crippen LogP contribution is 2.15. The molecular weight excluding hydrogens is 372 g/mol. The summed E-state index contributed by atoms with van der Waals surface area (Å²) in [6.45, 7) is 4.50. The fourth-order valence-electron chi connectivity index (χ4n) is 4.02. The van der Waals surface area contributed by atoms with Gasteiger partial charge in [-0.2, -0.15) is 0 Å². The van der Waals surface area contributed by atoms with Crippen LogP contribution in [-0.2, 0) is 14.3 Å². The normalized spacial score (nSPS) is 12.1. The van der Waals surface area contributed by atoms with E-state index < -0.39 is 0 Å². The first kappa shape index (κ1) is 29.1. The summed E-state index contributed by atoms with van der Waals surface area (Å²) in [5.41, 5.74) is 0. The molecule has 0 aromatic rings. The summed E-state index contributed by atoms with van der Waals surface area (Å²) < 4.78 is 5.57. The van der Waals surface area contributed by atoms with Crippen molar-refractivity contribution in [3.05, 3.63) is 0 Å². The van der Waals surface area contributed by atoms with Gasteiger partial charge in [0.15, 0.2) is 0 Å². The van der Waals surface area contributed by atoms with E-state index in [2.05, 4.69) is 13.8 Å². The summed E-state index contributed by atoms with van der Waals surface area (Å²) in [6.07, 6.45) is 26.6. The largest absolute Gasteiger partial charge is 0.462 e. The van der Waals surface area contributed by atoms with E-state index in [0.717, 1.165) is 32.0 Å². The van der Waals surface area contributed by atoms with Crippen LogP contribution >= 0.6 is 0 Å². The molecule has 0 saturated heterocycles. The maximum Gasteiger partial charge on any atom is 0.306 e. The van der Waals surface area contributed by atoms with Gasteiger partial charge in [-0.05, 0) is 19.3 Å². The van der Waals surface area contributed by atoms with Crippen molar-refractivity contribution in [3.8, 4) is 0 Å². The van der Waals surface area contributed by atoms with Gasteiger partial charge in [-0.3, -0.25) is 4.79 Å². The minimum atomic E-state index is -0.206. The van der Waals surface area contributed by atoms with Gasteiger partial charge in [0.2, 0.25) is 0 Å². The van der Waals surface area contributed by atoms with Crippen LogP contribution in [0.5, 0.6) is 0 Å². The molecular formula is C27H52O3. The van der Waals surface area contributed by atoms with Crippen molar-refractivity contribution in [2.24, 2.45) is 0 Å². The van der Waals surface area contributed by atoms with Gasteiger partial charge in [0.25, 0.3) is 0 Å². The molecule has 0 aliphatic heterocycles.